The van der Waals surface area contributed by atoms with Gasteiger partial charge < -0.3 is 10.6 Å². The molecular weight excluding hydrogens is 234 g/mol. The van der Waals surface area contributed by atoms with Crippen LogP contribution in [0.5, 0.6) is 0 Å². The van der Waals surface area contributed by atoms with E-state index in [9.17, 15) is 0 Å². The minimum Gasteiger partial charge on any atom is -0.366 e. The van der Waals surface area contributed by atoms with Gasteiger partial charge in [-0.15, -0.1) is 0 Å². The highest BCUT2D eigenvalue weighted by atomic mass is 15.1. The summed E-state index contributed by atoms with van der Waals surface area (Å²) >= 11 is 0. The van der Waals surface area contributed by atoms with Crippen LogP contribution in [0.25, 0.3) is 0 Å². The van der Waals surface area contributed by atoms with E-state index in [1.807, 2.05) is 18.3 Å². The zero-order chi connectivity index (χ0) is 13.5. The lowest BCUT2D eigenvalue weighted by Crippen LogP contribution is -2.25. The van der Waals surface area contributed by atoms with Crippen molar-refractivity contribution >= 4 is 5.69 Å². The molecule has 0 aliphatic heterocycles. The third-order valence-electron chi connectivity index (χ3n) is 3.16. The van der Waals surface area contributed by atoms with Crippen LogP contribution in [0.3, 0.4) is 0 Å². The highest BCUT2D eigenvalue weighted by Crippen LogP contribution is 2.21. The predicted molar refractivity (Wildman–Crippen MR) is 79.9 cm³/mol. The van der Waals surface area contributed by atoms with E-state index < -0.39 is 0 Å². The Hall–Kier alpha value is -1.87. The molecule has 0 unspecified atom stereocenters. The van der Waals surface area contributed by atoms with Crippen molar-refractivity contribution in [1.82, 2.24) is 4.98 Å². The van der Waals surface area contributed by atoms with Crippen molar-refractivity contribution in [3.05, 3.63) is 59.9 Å². The van der Waals surface area contributed by atoms with Crippen molar-refractivity contribution in [1.29, 1.82) is 0 Å². The molecular formula is C16H21N3. The molecule has 0 radical (unpaired) electrons. The van der Waals surface area contributed by atoms with E-state index >= 15 is 0 Å². The van der Waals surface area contributed by atoms with Gasteiger partial charge in [-0.05, 0) is 23.6 Å². The van der Waals surface area contributed by atoms with Crippen molar-refractivity contribution in [2.45, 2.75) is 26.4 Å². The first-order valence-corrected chi connectivity index (χ1v) is 6.77. The molecule has 100 valence electrons. The normalized spacial score (nSPS) is 10.4. The number of pyridine rings is 1. The van der Waals surface area contributed by atoms with Gasteiger partial charge >= 0.3 is 0 Å². The molecule has 0 aliphatic carbocycles. The van der Waals surface area contributed by atoms with E-state index in [0.29, 0.717) is 6.54 Å². The number of nitrogens with zero attached hydrogens (tertiary/aromatic N) is 2. The Morgan fingerprint density at radius 2 is 1.95 bits per heavy atom. The standard InChI is InChI=1S/C16H21N3/c1-2-10-19(13-14-6-4-3-5-7-14)16-12-18-9-8-15(16)11-17/h3-9,12H,2,10-11,13,17H2,1H3. The van der Waals surface area contributed by atoms with E-state index in [0.717, 1.165) is 30.8 Å². The molecule has 0 fully saturated rings. The zero-order valence-corrected chi connectivity index (χ0v) is 11.4. The lowest BCUT2D eigenvalue weighted by molar-refractivity contribution is 0.759. The summed E-state index contributed by atoms with van der Waals surface area (Å²) in [6, 6.07) is 12.5. The van der Waals surface area contributed by atoms with Gasteiger partial charge in [0.2, 0.25) is 0 Å². The van der Waals surface area contributed by atoms with Gasteiger partial charge in [-0.1, -0.05) is 37.3 Å². The molecule has 3 heteroatoms. The van der Waals surface area contributed by atoms with Crippen LogP contribution in [0.15, 0.2) is 48.8 Å². The van der Waals surface area contributed by atoms with E-state index in [4.69, 9.17) is 5.73 Å². The van der Waals surface area contributed by atoms with Crippen LogP contribution in [-0.2, 0) is 13.1 Å². The van der Waals surface area contributed by atoms with Gasteiger partial charge in [0.1, 0.15) is 0 Å². The summed E-state index contributed by atoms with van der Waals surface area (Å²) in [5.74, 6) is 0. The van der Waals surface area contributed by atoms with Gasteiger partial charge in [-0.25, -0.2) is 0 Å². The maximum Gasteiger partial charge on any atom is 0.0601 e. The number of rotatable bonds is 6. The van der Waals surface area contributed by atoms with Gasteiger partial charge in [-0.3, -0.25) is 4.98 Å². The lowest BCUT2D eigenvalue weighted by atomic mass is 10.1. The summed E-state index contributed by atoms with van der Waals surface area (Å²) in [7, 11) is 0. The Kier molecular flexibility index (Phi) is 4.93. The first kappa shape index (κ1) is 13.6. The topological polar surface area (TPSA) is 42.2 Å². The minimum atomic E-state index is 0.548. The molecule has 0 amide bonds. The van der Waals surface area contributed by atoms with Crippen molar-refractivity contribution in [3.8, 4) is 0 Å². The Balaban J connectivity index is 2.24. The maximum absolute atomic E-state index is 5.82. The fourth-order valence-electron chi connectivity index (χ4n) is 2.23. The fourth-order valence-corrected chi connectivity index (χ4v) is 2.23. The molecule has 0 bridgehead atoms. The predicted octanol–water partition coefficient (Wildman–Crippen LogP) is 2.96. The Bertz CT molecular complexity index is 496. The summed E-state index contributed by atoms with van der Waals surface area (Å²) < 4.78 is 0. The van der Waals surface area contributed by atoms with Crippen LogP contribution in [0.4, 0.5) is 5.69 Å². The Labute approximate surface area is 115 Å². The number of hydrogen-bond acceptors (Lipinski definition) is 3. The van der Waals surface area contributed by atoms with Gasteiger partial charge in [0.05, 0.1) is 11.9 Å². The molecule has 0 saturated carbocycles. The first-order valence-electron chi connectivity index (χ1n) is 6.77. The molecule has 0 aliphatic rings. The molecule has 2 N–H and O–H groups in total. The lowest BCUT2D eigenvalue weighted by Gasteiger charge is -2.26. The molecule has 2 aromatic rings. The molecule has 1 aromatic heterocycles. The second-order valence-corrected chi connectivity index (χ2v) is 4.62. The molecule has 1 heterocycles. The van der Waals surface area contributed by atoms with Gasteiger partial charge in [0, 0.05) is 25.8 Å². The molecule has 0 spiro atoms. The summed E-state index contributed by atoms with van der Waals surface area (Å²) in [6.07, 6.45) is 4.82. The number of nitrogens with two attached hydrogens (primary N) is 1. The zero-order valence-electron chi connectivity index (χ0n) is 11.4. The van der Waals surface area contributed by atoms with Crippen LogP contribution in [0.1, 0.15) is 24.5 Å². The van der Waals surface area contributed by atoms with Crippen LogP contribution in [0.2, 0.25) is 0 Å². The summed E-state index contributed by atoms with van der Waals surface area (Å²) in [5, 5.41) is 0. The van der Waals surface area contributed by atoms with Gasteiger partial charge in [0.25, 0.3) is 0 Å². The summed E-state index contributed by atoms with van der Waals surface area (Å²) in [6.45, 7) is 4.64. The van der Waals surface area contributed by atoms with Gasteiger partial charge in [0.15, 0.2) is 0 Å². The van der Waals surface area contributed by atoms with Crippen molar-refractivity contribution in [3.63, 3.8) is 0 Å². The monoisotopic (exact) mass is 255 g/mol. The Morgan fingerprint density at radius 1 is 1.16 bits per heavy atom. The van der Waals surface area contributed by atoms with E-state index in [2.05, 4.69) is 41.1 Å². The fraction of sp³-hybridized carbons (Fsp3) is 0.312. The second kappa shape index (κ2) is 6.90. The van der Waals surface area contributed by atoms with E-state index in [1.54, 1.807) is 6.20 Å². The molecule has 3 nitrogen and oxygen atoms in total. The van der Waals surface area contributed by atoms with Crippen molar-refractivity contribution in [2.24, 2.45) is 5.73 Å². The average molecular weight is 255 g/mol. The number of aromatic nitrogens is 1. The third-order valence-corrected chi connectivity index (χ3v) is 3.16. The van der Waals surface area contributed by atoms with Crippen molar-refractivity contribution in [2.75, 3.05) is 11.4 Å². The highest BCUT2D eigenvalue weighted by molar-refractivity contribution is 5.52. The van der Waals surface area contributed by atoms with Crippen LogP contribution in [0, 0.1) is 0 Å². The molecule has 19 heavy (non-hydrogen) atoms. The average Bonchev–Trinajstić information content (AvgIpc) is 2.48. The largest absolute Gasteiger partial charge is 0.366 e. The molecule has 2 rings (SSSR count). The number of anilines is 1. The molecule has 0 saturated heterocycles. The van der Waals surface area contributed by atoms with Crippen LogP contribution >= 0.6 is 0 Å². The van der Waals surface area contributed by atoms with Crippen molar-refractivity contribution < 1.29 is 0 Å². The number of hydrogen-bond donors (Lipinski definition) is 1. The second-order valence-electron chi connectivity index (χ2n) is 4.62. The smallest absolute Gasteiger partial charge is 0.0601 e. The Morgan fingerprint density at radius 3 is 2.63 bits per heavy atom. The number of benzene rings is 1. The summed E-state index contributed by atoms with van der Waals surface area (Å²) in [5.41, 5.74) is 9.43. The SMILES string of the molecule is CCCN(Cc1ccccc1)c1cnccc1CN. The van der Waals surface area contributed by atoms with Gasteiger partial charge in [-0.2, -0.15) is 0 Å². The van der Waals surface area contributed by atoms with E-state index in [-0.39, 0.29) is 0 Å². The molecule has 1 aromatic carbocycles. The first-order chi connectivity index (χ1) is 9.35. The highest BCUT2D eigenvalue weighted by Gasteiger charge is 2.10. The quantitative estimate of drug-likeness (QED) is 0.863. The summed E-state index contributed by atoms with van der Waals surface area (Å²) in [4.78, 5) is 6.59. The van der Waals surface area contributed by atoms with E-state index in [1.165, 1.54) is 5.56 Å². The maximum atomic E-state index is 5.82. The molecule has 0 atom stereocenters. The van der Waals surface area contributed by atoms with Crippen LogP contribution < -0.4 is 10.6 Å². The van der Waals surface area contributed by atoms with Crippen LogP contribution in [-0.4, -0.2) is 11.5 Å². The third kappa shape index (κ3) is 3.55. The minimum absolute atomic E-state index is 0.548.